The quantitative estimate of drug-likeness (QED) is 0.136. The molecule has 0 aliphatic carbocycles. The van der Waals surface area contributed by atoms with Crippen molar-refractivity contribution in [3.05, 3.63) is 119 Å². The average Bonchev–Trinajstić information content (AvgIpc) is 3.68. The third kappa shape index (κ3) is 7.22. The Morgan fingerprint density at radius 3 is 2.55 bits per heavy atom. The molecule has 0 saturated carbocycles. The highest BCUT2D eigenvalue weighted by molar-refractivity contribution is 7.99. The van der Waals surface area contributed by atoms with Gasteiger partial charge < -0.3 is 24.7 Å². The number of benzene rings is 2. The molecule has 228 valence electrons. The van der Waals surface area contributed by atoms with Gasteiger partial charge in [-0.1, -0.05) is 53.7 Å². The van der Waals surface area contributed by atoms with Gasteiger partial charge in [0.2, 0.25) is 0 Å². The van der Waals surface area contributed by atoms with Crippen LogP contribution in [0.15, 0.2) is 96.5 Å². The second-order valence-electron chi connectivity index (χ2n) is 11.0. The summed E-state index contributed by atoms with van der Waals surface area (Å²) in [6.07, 6.45) is 6.53. The summed E-state index contributed by atoms with van der Waals surface area (Å²) in [5.41, 5.74) is 6.06. The molecule has 10 heteroatoms. The van der Waals surface area contributed by atoms with Crippen LogP contribution in [0.5, 0.6) is 0 Å². The highest BCUT2D eigenvalue weighted by atomic mass is 32.2. The summed E-state index contributed by atoms with van der Waals surface area (Å²) in [6, 6.07) is 23.7. The van der Waals surface area contributed by atoms with Crippen molar-refractivity contribution in [3.63, 3.8) is 0 Å². The molecule has 1 saturated heterocycles. The zero-order valence-corrected chi connectivity index (χ0v) is 25.5. The molecule has 0 spiro atoms. The molecule has 6 rings (SSSR count). The highest BCUT2D eigenvalue weighted by Crippen LogP contribution is 2.42. The molecule has 44 heavy (non-hydrogen) atoms. The topological polar surface area (TPSA) is 95.2 Å². The summed E-state index contributed by atoms with van der Waals surface area (Å²) >= 11 is 1.79. The van der Waals surface area contributed by atoms with Gasteiger partial charge in [-0.05, 0) is 30.7 Å². The summed E-state index contributed by atoms with van der Waals surface area (Å²) in [5.74, 6) is 0.632. The summed E-state index contributed by atoms with van der Waals surface area (Å²) in [4.78, 5) is 28.3. The third-order valence-electron chi connectivity index (χ3n) is 8.06. The number of thioether (sulfide) groups is 1. The van der Waals surface area contributed by atoms with E-state index < -0.39 is 0 Å². The number of nitrogens with one attached hydrogen (secondary N) is 1. The van der Waals surface area contributed by atoms with Crippen LogP contribution >= 0.6 is 11.8 Å². The minimum Gasteiger partial charge on any atom is -0.395 e. The van der Waals surface area contributed by atoms with Crippen LogP contribution in [0, 0.1) is 0 Å². The predicted octanol–water partition coefficient (Wildman–Crippen LogP) is 4.70. The van der Waals surface area contributed by atoms with E-state index in [4.69, 9.17) is 9.94 Å². The maximum Gasteiger partial charge on any atom is 0.257 e. The predicted molar refractivity (Wildman–Crippen MR) is 175 cm³/mol. The fraction of sp³-hybridized carbons (Fsp3) is 0.324. The van der Waals surface area contributed by atoms with Crippen LogP contribution in [0.4, 0.5) is 5.69 Å². The second-order valence-corrected chi connectivity index (χ2v) is 12.0. The lowest BCUT2D eigenvalue weighted by Crippen LogP contribution is -2.47. The number of hydrogen-bond acceptors (Lipinski definition) is 8. The lowest BCUT2D eigenvalue weighted by molar-refractivity contribution is 0.0940. The minimum absolute atomic E-state index is 0.121. The van der Waals surface area contributed by atoms with Crippen molar-refractivity contribution in [3.8, 4) is 0 Å². The standard InChI is InChI=1S/C34H38N6O3S/c41-21-20-39-18-16-38(17-19-39)14-6-22-43-37-32(26-7-2-1-3-8-26)27-9-4-11-29(23-27)36-33(42)30-12-15-40-31(30)25-44-34(40)28-10-5-13-35-24-28/h1-5,7-13,15,23-24,34,41H,6,14,16-22,25H2,(H,36,42)/b37-32+. The smallest absolute Gasteiger partial charge is 0.257 e. The Hall–Kier alpha value is -3.96. The van der Waals surface area contributed by atoms with Crippen molar-refractivity contribution in [2.24, 2.45) is 5.16 Å². The first-order valence-corrected chi connectivity index (χ1v) is 16.2. The molecular weight excluding hydrogens is 572 g/mol. The maximum absolute atomic E-state index is 13.4. The highest BCUT2D eigenvalue weighted by Gasteiger charge is 2.28. The number of hydrogen-bond donors (Lipinski definition) is 2. The fourth-order valence-corrected chi connectivity index (χ4v) is 7.04. The molecule has 2 aliphatic heterocycles. The number of aliphatic hydroxyl groups excluding tert-OH is 1. The molecule has 2 aromatic heterocycles. The van der Waals surface area contributed by atoms with Crippen molar-refractivity contribution in [2.45, 2.75) is 17.5 Å². The number of carbonyl (C=O) groups excluding carboxylic acids is 1. The molecule has 2 aliphatic rings. The van der Waals surface area contributed by atoms with Crippen molar-refractivity contribution in [1.82, 2.24) is 19.4 Å². The SMILES string of the molecule is O=C(Nc1cccc(/C(=N/OCCCN2CCN(CCO)CC2)c2ccccc2)c1)c1ccn2c1CSC2c1cccnc1. The van der Waals surface area contributed by atoms with Crippen molar-refractivity contribution in [2.75, 3.05) is 57.8 Å². The first-order valence-electron chi connectivity index (χ1n) is 15.1. The van der Waals surface area contributed by atoms with Gasteiger partial charge in [-0.15, -0.1) is 11.8 Å². The van der Waals surface area contributed by atoms with Crippen molar-refractivity contribution < 1.29 is 14.7 Å². The Morgan fingerprint density at radius 1 is 0.977 bits per heavy atom. The summed E-state index contributed by atoms with van der Waals surface area (Å²) in [7, 11) is 0. The van der Waals surface area contributed by atoms with Gasteiger partial charge in [-0.25, -0.2) is 0 Å². The molecule has 0 bridgehead atoms. The number of amides is 1. The summed E-state index contributed by atoms with van der Waals surface area (Å²) < 4.78 is 2.17. The maximum atomic E-state index is 13.4. The number of piperazine rings is 1. The zero-order chi connectivity index (χ0) is 30.1. The van der Waals surface area contributed by atoms with E-state index in [2.05, 4.69) is 35.9 Å². The number of oxime groups is 1. The van der Waals surface area contributed by atoms with Gasteiger partial charge in [0.05, 0.1) is 12.2 Å². The molecule has 1 fully saturated rings. The van der Waals surface area contributed by atoms with Crippen LogP contribution in [0.1, 0.15) is 44.5 Å². The van der Waals surface area contributed by atoms with Gasteiger partial charge in [-0.2, -0.15) is 0 Å². The number of aromatic nitrogens is 2. The van der Waals surface area contributed by atoms with Crippen molar-refractivity contribution in [1.29, 1.82) is 0 Å². The number of nitrogens with zero attached hydrogens (tertiary/aromatic N) is 5. The van der Waals surface area contributed by atoms with E-state index in [0.29, 0.717) is 17.9 Å². The molecular formula is C34H38N6O3S. The Balaban J connectivity index is 1.10. The van der Waals surface area contributed by atoms with Crippen LogP contribution < -0.4 is 5.32 Å². The Bertz CT molecular complexity index is 1550. The molecule has 2 aromatic carbocycles. The molecule has 4 aromatic rings. The Labute approximate surface area is 262 Å². The van der Waals surface area contributed by atoms with E-state index in [1.807, 2.05) is 79.1 Å². The van der Waals surface area contributed by atoms with Crippen LogP contribution in [-0.2, 0) is 10.6 Å². The number of β-amino-alcohol motifs (C(OH)–C–C–N with tert-alkyl or cyclic N) is 1. The molecule has 4 heterocycles. The minimum atomic E-state index is -0.130. The van der Waals surface area contributed by atoms with E-state index in [9.17, 15) is 4.79 Å². The largest absolute Gasteiger partial charge is 0.395 e. The number of aliphatic hydroxyl groups is 1. The van der Waals surface area contributed by atoms with Gasteiger partial charge >= 0.3 is 0 Å². The lowest BCUT2D eigenvalue weighted by atomic mass is 10.0. The van der Waals surface area contributed by atoms with Gasteiger partial charge in [0.15, 0.2) is 0 Å². The van der Waals surface area contributed by atoms with Crippen molar-refractivity contribution >= 4 is 29.1 Å². The number of rotatable bonds is 12. The average molecular weight is 611 g/mol. The zero-order valence-electron chi connectivity index (χ0n) is 24.7. The second kappa shape index (κ2) is 14.7. The molecule has 1 unspecified atom stereocenters. The lowest BCUT2D eigenvalue weighted by Gasteiger charge is -2.34. The van der Waals surface area contributed by atoms with Gasteiger partial charge in [0, 0.05) is 91.7 Å². The molecule has 2 N–H and O–H groups in total. The first kappa shape index (κ1) is 30.1. The number of anilines is 1. The first-order chi connectivity index (χ1) is 21.7. The number of pyridine rings is 1. The van der Waals surface area contributed by atoms with E-state index in [1.165, 1.54) is 0 Å². The van der Waals surface area contributed by atoms with Crippen LogP contribution in [0.25, 0.3) is 0 Å². The summed E-state index contributed by atoms with van der Waals surface area (Å²) in [5, 5.41) is 17.0. The van der Waals surface area contributed by atoms with E-state index in [1.54, 1.807) is 18.0 Å². The molecule has 1 amide bonds. The monoisotopic (exact) mass is 610 g/mol. The van der Waals surface area contributed by atoms with E-state index in [-0.39, 0.29) is 17.9 Å². The molecule has 0 radical (unpaired) electrons. The Kier molecular flexibility index (Phi) is 10.0. The van der Waals surface area contributed by atoms with E-state index in [0.717, 1.165) is 79.5 Å². The summed E-state index contributed by atoms with van der Waals surface area (Å²) in [6.45, 7) is 6.43. The number of carbonyl (C=O) groups is 1. The van der Waals surface area contributed by atoms with Gasteiger partial charge in [-0.3, -0.25) is 14.7 Å². The normalized spacial score (nSPS) is 17.4. The van der Waals surface area contributed by atoms with E-state index >= 15 is 0 Å². The Morgan fingerprint density at radius 2 is 1.77 bits per heavy atom. The molecule has 1 atom stereocenters. The third-order valence-corrected chi connectivity index (χ3v) is 9.31. The van der Waals surface area contributed by atoms with Gasteiger partial charge in [0.1, 0.15) is 17.7 Å². The van der Waals surface area contributed by atoms with Crippen LogP contribution in [0.3, 0.4) is 0 Å². The van der Waals surface area contributed by atoms with Crippen LogP contribution in [0.2, 0.25) is 0 Å². The van der Waals surface area contributed by atoms with Gasteiger partial charge in [0.25, 0.3) is 5.91 Å². The van der Waals surface area contributed by atoms with Crippen LogP contribution in [-0.4, -0.2) is 88.6 Å². The molecule has 9 nitrogen and oxygen atoms in total. The fourth-order valence-electron chi connectivity index (χ4n) is 5.73. The number of fused-ring (bicyclic) bond motifs is 1.